The van der Waals surface area contributed by atoms with Crippen molar-refractivity contribution >= 4 is 11.6 Å². The van der Waals surface area contributed by atoms with Gasteiger partial charge in [-0.2, -0.15) is 23.0 Å². The molecular formula is C24H22F3N7O2. The van der Waals surface area contributed by atoms with Gasteiger partial charge >= 0.3 is 6.18 Å². The van der Waals surface area contributed by atoms with Gasteiger partial charge in [0.25, 0.3) is 11.5 Å². The van der Waals surface area contributed by atoms with Crippen LogP contribution in [0.15, 0.2) is 59.4 Å². The molecule has 4 aromatic rings. The number of alkyl halides is 3. The van der Waals surface area contributed by atoms with Gasteiger partial charge in [-0.25, -0.2) is 4.68 Å². The maximum Gasteiger partial charge on any atom is 0.416 e. The van der Waals surface area contributed by atoms with Gasteiger partial charge in [0.05, 0.1) is 28.7 Å². The SMILES string of the molecule is Cc1nnn(C)c1-c1cccc(-n2nc(C(=O)N[C@H](C)c3cc(N)cc(C(F)(F)F)c3)ccc2=O)c1. The number of hydrogen-bond donors (Lipinski definition) is 2. The quantitative estimate of drug-likeness (QED) is 0.408. The Morgan fingerprint density at radius 1 is 1.11 bits per heavy atom. The maximum atomic E-state index is 13.2. The molecule has 0 bridgehead atoms. The highest BCUT2D eigenvalue weighted by atomic mass is 19.4. The molecule has 1 amide bonds. The number of nitrogen functional groups attached to an aromatic ring is 1. The average Bonchev–Trinajstić information content (AvgIpc) is 3.16. The third-order valence-electron chi connectivity index (χ3n) is 5.54. The van der Waals surface area contributed by atoms with Crippen LogP contribution >= 0.6 is 0 Å². The molecule has 12 heteroatoms. The van der Waals surface area contributed by atoms with Crippen molar-refractivity contribution in [3.63, 3.8) is 0 Å². The van der Waals surface area contributed by atoms with Gasteiger partial charge in [0.15, 0.2) is 0 Å². The predicted molar refractivity (Wildman–Crippen MR) is 126 cm³/mol. The smallest absolute Gasteiger partial charge is 0.399 e. The molecule has 4 rings (SSSR count). The molecule has 2 heterocycles. The van der Waals surface area contributed by atoms with Crippen molar-refractivity contribution in [1.82, 2.24) is 30.1 Å². The fraction of sp³-hybridized carbons (Fsp3) is 0.208. The van der Waals surface area contributed by atoms with Crippen molar-refractivity contribution in [2.45, 2.75) is 26.1 Å². The lowest BCUT2D eigenvalue weighted by Crippen LogP contribution is -2.30. The van der Waals surface area contributed by atoms with E-state index >= 15 is 0 Å². The third-order valence-corrected chi connectivity index (χ3v) is 5.54. The van der Waals surface area contributed by atoms with Crippen molar-refractivity contribution in [2.24, 2.45) is 7.05 Å². The molecule has 2 aromatic heterocycles. The first kappa shape index (κ1) is 24.6. The lowest BCUT2D eigenvalue weighted by molar-refractivity contribution is -0.137. The number of carbonyl (C=O) groups excluding carboxylic acids is 1. The molecule has 0 saturated carbocycles. The molecule has 0 radical (unpaired) electrons. The number of halogens is 3. The summed E-state index contributed by atoms with van der Waals surface area (Å²) >= 11 is 0. The van der Waals surface area contributed by atoms with Gasteiger partial charge in [0, 0.05) is 24.4 Å². The summed E-state index contributed by atoms with van der Waals surface area (Å²) in [6.07, 6.45) is -4.58. The molecule has 3 N–H and O–H groups in total. The number of aromatic nitrogens is 5. The summed E-state index contributed by atoms with van der Waals surface area (Å²) in [4.78, 5) is 25.4. The van der Waals surface area contributed by atoms with Crippen LogP contribution in [-0.2, 0) is 13.2 Å². The molecule has 0 aliphatic carbocycles. The van der Waals surface area contributed by atoms with Gasteiger partial charge in [0.2, 0.25) is 0 Å². The van der Waals surface area contributed by atoms with Crippen LogP contribution in [0.2, 0.25) is 0 Å². The molecule has 1 atom stereocenters. The van der Waals surface area contributed by atoms with Gasteiger partial charge in [-0.1, -0.05) is 17.3 Å². The minimum Gasteiger partial charge on any atom is -0.399 e. The van der Waals surface area contributed by atoms with Crippen molar-refractivity contribution in [3.05, 3.63) is 87.5 Å². The highest BCUT2D eigenvalue weighted by molar-refractivity contribution is 5.92. The van der Waals surface area contributed by atoms with E-state index in [0.29, 0.717) is 11.4 Å². The Morgan fingerprint density at radius 2 is 1.86 bits per heavy atom. The minimum absolute atomic E-state index is 0.0775. The van der Waals surface area contributed by atoms with Gasteiger partial charge in [0.1, 0.15) is 5.69 Å². The van der Waals surface area contributed by atoms with Crippen LogP contribution in [0.1, 0.15) is 40.3 Å². The molecule has 0 aliphatic rings. The second-order valence-electron chi connectivity index (χ2n) is 8.25. The lowest BCUT2D eigenvalue weighted by atomic mass is 10.0. The van der Waals surface area contributed by atoms with E-state index in [4.69, 9.17) is 5.73 Å². The first-order valence-corrected chi connectivity index (χ1v) is 10.8. The summed E-state index contributed by atoms with van der Waals surface area (Å²) in [5.41, 5.74) is 6.87. The van der Waals surface area contributed by atoms with E-state index in [9.17, 15) is 22.8 Å². The van der Waals surface area contributed by atoms with Crippen LogP contribution in [0, 0.1) is 6.92 Å². The number of nitrogens with zero attached hydrogens (tertiary/aromatic N) is 5. The van der Waals surface area contributed by atoms with Crippen molar-refractivity contribution in [3.8, 4) is 16.9 Å². The van der Waals surface area contributed by atoms with Crippen molar-refractivity contribution in [2.75, 3.05) is 5.73 Å². The number of nitrogens with one attached hydrogen (secondary N) is 1. The molecule has 0 spiro atoms. The first-order valence-electron chi connectivity index (χ1n) is 10.8. The van der Waals surface area contributed by atoms with Gasteiger partial charge in [-0.3, -0.25) is 9.59 Å². The molecule has 0 unspecified atom stereocenters. The fourth-order valence-electron chi connectivity index (χ4n) is 3.80. The Bertz CT molecular complexity index is 1490. The minimum atomic E-state index is -4.58. The first-order chi connectivity index (χ1) is 16.9. The average molecular weight is 497 g/mol. The number of anilines is 1. The largest absolute Gasteiger partial charge is 0.416 e. The van der Waals surface area contributed by atoms with E-state index in [1.165, 1.54) is 25.1 Å². The number of carbonyl (C=O) groups is 1. The Kier molecular flexibility index (Phi) is 6.35. The molecular weight excluding hydrogens is 475 g/mol. The van der Waals surface area contributed by atoms with Crippen LogP contribution in [0.25, 0.3) is 16.9 Å². The number of hydrogen-bond acceptors (Lipinski definition) is 6. The Morgan fingerprint density at radius 3 is 2.53 bits per heavy atom. The third kappa shape index (κ3) is 4.97. The number of rotatable bonds is 5. The fourth-order valence-corrected chi connectivity index (χ4v) is 3.80. The highest BCUT2D eigenvalue weighted by Crippen LogP contribution is 2.32. The highest BCUT2D eigenvalue weighted by Gasteiger charge is 2.31. The molecule has 186 valence electrons. The summed E-state index contributed by atoms with van der Waals surface area (Å²) in [5.74, 6) is -0.671. The summed E-state index contributed by atoms with van der Waals surface area (Å²) in [6.45, 7) is 3.33. The van der Waals surface area contributed by atoms with Crippen LogP contribution in [0.4, 0.5) is 18.9 Å². The molecule has 36 heavy (non-hydrogen) atoms. The Balaban J connectivity index is 1.63. The Labute approximate surface area is 203 Å². The molecule has 0 saturated heterocycles. The van der Waals surface area contributed by atoms with Crippen molar-refractivity contribution < 1.29 is 18.0 Å². The Hall–Kier alpha value is -4.48. The summed E-state index contributed by atoms with van der Waals surface area (Å²) in [5, 5.41) is 14.8. The van der Waals surface area contributed by atoms with Crippen LogP contribution in [-0.4, -0.2) is 30.7 Å². The zero-order chi connectivity index (χ0) is 26.2. The standard InChI is InChI=1S/C24H22F3N7O2/c1-13(16-9-17(24(25,26)27)12-18(28)10-16)29-23(36)20-7-8-21(35)34(31-20)19-6-4-5-15(11-19)22-14(2)30-32-33(22)3/h4-13H,28H2,1-3H3,(H,29,36)/t13-/m1/s1. The zero-order valence-corrected chi connectivity index (χ0v) is 19.5. The van der Waals surface area contributed by atoms with Gasteiger partial charge in [-0.05, 0) is 55.8 Å². The predicted octanol–water partition coefficient (Wildman–Crippen LogP) is 3.43. The van der Waals surface area contributed by atoms with E-state index in [0.717, 1.165) is 28.1 Å². The van der Waals surface area contributed by atoms with Crippen LogP contribution in [0.5, 0.6) is 0 Å². The second kappa shape index (κ2) is 9.29. The monoisotopic (exact) mass is 497 g/mol. The molecule has 0 aliphatic heterocycles. The van der Waals surface area contributed by atoms with E-state index < -0.39 is 29.2 Å². The zero-order valence-electron chi connectivity index (χ0n) is 19.5. The summed E-state index contributed by atoms with van der Waals surface area (Å²) < 4.78 is 42.1. The number of nitrogens with two attached hydrogens (primary N) is 1. The second-order valence-corrected chi connectivity index (χ2v) is 8.25. The van der Waals surface area contributed by atoms with E-state index in [2.05, 4.69) is 20.7 Å². The topological polar surface area (TPSA) is 121 Å². The number of benzene rings is 2. The number of aryl methyl sites for hydroxylation is 2. The van der Waals surface area contributed by atoms with Crippen LogP contribution in [0.3, 0.4) is 0 Å². The van der Waals surface area contributed by atoms with Crippen molar-refractivity contribution in [1.29, 1.82) is 0 Å². The molecule has 2 aromatic carbocycles. The van der Waals surface area contributed by atoms with Crippen LogP contribution < -0.4 is 16.6 Å². The molecule has 9 nitrogen and oxygen atoms in total. The maximum absolute atomic E-state index is 13.2. The summed E-state index contributed by atoms with van der Waals surface area (Å²) in [6, 6.07) is 11.7. The molecule has 0 fully saturated rings. The lowest BCUT2D eigenvalue weighted by Gasteiger charge is -2.17. The normalized spacial score (nSPS) is 12.4. The van der Waals surface area contributed by atoms with E-state index in [-0.39, 0.29) is 16.9 Å². The van der Waals surface area contributed by atoms with E-state index in [1.54, 1.807) is 29.9 Å². The number of amides is 1. The van der Waals surface area contributed by atoms with Gasteiger partial charge < -0.3 is 11.1 Å². The van der Waals surface area contributed by atoms with Gasteiger partial charge in [-0.15, -0.1) is 5.10 Å². The summed E-state index contributed by atoms with van der Waals surface area (Å²) in [7, 11) is 1.75. The van der Waals surface area contributed by atoms with E-state index in [1.807, 2.05) is 13.0 Å².